The van der Waals surface area contributed by atoms with Gasteiger partial charge in [-0.05, 0) is 43.3 Å². The summed E-state index contributed by atoms with van der Waals surface area (Å²) in [6, 6.07) is 16.6. The van der Waals surface area contributed by atoms with Crippen LogP contribution in [0.4, 0.5) is 11.4 Å². The van der Waals surface area contributed by atoms with Crippen LogP contribution in [0.5, 0.6) is 5.75 Å². The molecule has 2 aliphatic heterocycles. The summed E-state index contributed by atoms with van der Waals surface area (Å²) < 4.78 is 6.02. The van der Waals surface area contributed by atoms with E-state index >= 15 is 0 Å². The number of carbonyl (C=O) groups is 2. The number of aliphatic imine (C=N–C) groups is 2. The summed E-state index contributed by atoms with van der Waals surface area (Å²) in [6.07, 6.45) is 0. The number of thiocarbonyl (C=S) groups is 1. The van der Waals surface area contributed by atoms with E-state index in [-0.39, 0.29) is 22.7 Å². The largest absolute Gasteiger partial charge is 0.494 e. The van der Waals surface area contributed by atoms with Crippen LogP contribution in [-0.4, -0.2) is 44.7 Å². The summed E-state index contributed by atoms with van der Waals surface area (Å²) >= 11 is 7.86. The second kappa shape index (κ2) is 9.63. The minimum atomic E-state index is -0.568. The van der Waals surface area contributed by atoms with Gasteiger partial charge in [0.15, 0.2) is 10.4 Å². The van der Waals surface area contributed by atoms with Crippen LogP contribution in [0.2, 0.25) is 0 Å². The van der Waals surface area contributed by atoms with Crippen LogP contribution >= 0.6 is 35.7 Å². The number of anilines is 2. The molecule has 0 bridgehead atoms. The lowest BCUT2D eigenvalue weighted by atomic mass is 10.2. The van der Waals surface area contributed by atoms with Crippen molar-refractivity contribution in [3.05, 3.63) is 54.6 Å². The summed E-state index contributed by atoms with van der Waals surface area (Å²) in [5, 5.41) is 2.48. The number of hydrogen-bond acceptors (Lipinski definition) is 7. The van der Waals surface area contributed by atoms with Crippen molar-refractivity contribution < 1.29 is 14.3 Å². The van der Waals surface area contributed by atoms with E-state index in [2.05, 4.69) is 15.3 Å². The zero-order chi connectivity index (χ0) is 21.8. The molecule has 1 unspecified atom stereocenters. The molecule has 0 spiro atoms. The quantitative estimate of drug-likeness (QED) is 0.640. The monoisotopic (exact) mass is 470 g/mol. The number of amides is 2. The number of carbonyl (C=O) groups excluding carboxylic acids is 2. The third-order valence-electron chi connectivity index (χ3n) is 4.30. The van der Waals surface area contributed by atoms with Crippen LogP contribution in [0.25, 0.3) is 0 Å². The first-order chi connectivity index (χ1) is 15.0. The van der Waals surface area contributed by atoms with Crippen molar-refractivity contribution in [2.45, 2.75) is 12.2 Å². The molecule has 1 saturated heterocycles. The van der Waals surface area contributed by atoms with Crippen molar-refractivity contribution in [1.29, 1.82) is 0 Å². The Bertz CT molecular complexity index is 1070. The van der Waals surface area contributed by atoms with Gasteiger partial charge in [0.25, 0.3) is 5.91 Å². The maximum atomic E-state index is 12.6. The molecule has 0 radical (unpaired) electrons. The van der Waals surface area contributed by atoms with E-state index in [1.54, 1.807) is 17.0 Å². The van der Waals surface area contributed by atoms with E-state index in [1.807, 2.05) is 49.4 Å². The molecule has 31 heavy (non-hydrogen) atoms. The van der Waals surface area contributed by atoms with E-state index in [1.165, 1.54) is 11.8 Å². The van der Waals surface area contributed by atoms with Crippen LogP contribution in [0.3, 0.4) is 0 Å². The van der Waals surface area contributed by atoms with Crippen molar-refractivity contribution in [2.75, 3.05) is 22.6 Å². The van der Waals surface area contributed by atoms with Crippen LogP contribution in [0.1, 0.15) is 6.92 Å². The SMILES string of the molecule is CCOc1ccc(N2C(=S)SC3C(=O)N=C(SCC(=O)Nc4ccccc4)N=C32)cc1. The van der Waals surface area contributed by atoms with Gasteiger partial charge in [0.05, 0.1) is 12.4 Å². The number of hydrogen-bond donors (Lipinski definition) is 1. The number of amidine groups is 2. The second-order valence-electron chi connectivity index (χ2n) is 6.43. The zero-order valence-corrected chi connectivity index (χ0v) is 18.9. The number of fused-ring (bicyclic) bond motifs is 1. The van der Waals surface area contributed by atoms with Gasteiger partial charge in [0, 0.05) is 11.4 Å². The van der Waals surface area contributed by atoms with Gasteiger partial charge in [-0.25, -0.2) is 4.99 Å². The maximum Gasteiger partial charge on any atom is 0.269 e. The van der Waals surface area contributed by atoms with E-state index in [9.17, 15) is 9.59 Å². The number of rotatable bonds is 6. The molecule has 2 heterocycles. The van der Waals surface area contributed by atoms with Gasteiger partial charge < -0.3 is 10.1 Å². The normalized spacial score (nSPS) is 17.7. The van der Waals surface area contributed by atoms with E-state index in [0.29, 0.717) is 22.5 Å². The van der Waals surface area contributed by atoms with Crippen molar-refractivity contribution >= 4 is 74.3 Å². The number of thioether (sulfide) groups is 2. The molecule has 10 heteroatoms. The van der Waals surface area contributed by atoms with Gasteiger partial charge in [0.2, 0.25) is 5.91 Å². The lowest BCUT2D eigenvalue weighted by molar-refractivity contribution is -0.116. The van der Waals surface area contributed by atoms with Gasteiger partial charge in [0.1, 0.15) is 15.9 Å². The fourth-order valence-electron chi connectivity index (χ4n) is 2.97. The minimum absolute atomic E-state index is 0.0864. The molecule has 2 aliphatic rings. The smallest absolute Gasteiger partial charge is 0.269 e. The number of nitrogens with zero attached hydrogens (tertiary/aromatic N) is 3. The summed E-state index contributed by atoms with van der Waals surface area (Å²) in [7, 11) is 0. The Hall–Kier alpha value is -2.69. The van der Waals surface area contributed by atoms with E-state index in [4.69, 9.17) is 17.0 Å². The van der Waals surface area contributed by atoms with Gasteiger partial charge in [-0.3, -0.25) is 14.5 Å². The van der Waals surface area contributed by atoms with Crippen molar-refractivity contribution in [1.82, 2.24) is 0 Å². The molecule has 0 aromatic heterocycles. The number of nitrogens with one attached hydrogen (secondary N) is 1. The number of benzene rings is 2. The van der Waals surface area contributed by atoms with E-state index in [0.717, 1.165) is 23.2 Å². The molecule has 7 nitrogen and oxygen atoms in total. The standard InChI is InChI=1S/C21H18N4O3S3/c1-2-28-15-10-8-14(9-11-15)25-18-17(31-21(25)29)19(27)24-20(23-18)30-12-16(26)22-13-6-4-3-5-7-13/h3-11,17H,2,12H2,1H3,(H,22,26). The number of ether oxygens (including phenoxy) is 1. The Labute approximate surface area is 193 Å². The molecule has 1 fully saturated rings. The molecular weight excluding hydrogens is 452 g/mol. The average molecular weight is 471 g/mol. The lowest BCUT2D eigenvalue weighted by Gasteiger charge is -2.21. The molecule has 158 valence electrons. The molecule has 2 amide bonds. The van der Waals surface area contributed by atoms with Crippen molar-refractivity contribution in [3.8, 4) is 5.75 Å². The zero-order valence-electron chi connectivity index (χ0n) is 16.5. The molecule has 2 aromatic rings. The summed E-state index contributed by atoms with van der Waals surface area (Å²) in [4.78, 5) is 35.2. The van der Waals surface area contributed by atoms with Crippen molar-refractivity contribution in [3.63, 3.8) is 0 Å². The van der Waals surface area contributed by atoms with Crippen LogP contribution in [0, 0.1) is 0 Å². The first kappa shape index (κ1) is 21.5. The summed E-state index contributed by atoms with van der Waals surface area (Å²) in [5.74, 6) is 0.836. The average Bonchev–Trinajstić information content (AvgIpc) is 3.10. The highest BCUT2D eigenvalue weighted by Crippen LogP contribution is 2.36. The van der Waals surface area contributed by atoms with Crippen LogP contribution in [-0.2, 0) is 9.59 Å². The minimum Gasteiger partial charge on any atom is -0.494 e. The van der Waals surface area contributed by atoms with Gasteiger partial charge in [-0.2, -0.15) is 4.99 Å². The summed E-state index contributed by atoms with van der Waals surface area (Å²) in [5.41, 5.74) is 1.50. The van der Waals surface area contributed by atoms with E-state index < -0.39 is 5.25 Å². The maximum absolute atomic E-state index is 12.6. The molecule has 1 N–H and O–H groups in total. The first-order valence-corrected chi connectivity index (χ1v) is 11.7. The Morgan fingerprint density at radius 3 is 2.65 bits per heavy atom. The lowest BCUT2D eigenvalue weighted by Crippen LogP contribution is -2.37. The van der Waals surface area contributed by atoms with Gasteiger partial charge >= 0.3 is 0 Å². The first-order valence-electron chi connectivity index (χ1n) is 9.47. The van der Waals surface area contributed by atoms with Crippen molar-refractivity contribution in [2.24, 2.45) is 9.98 Å². The Balaban J connectivity index is 1.48. The molecule has 1 atom stereocenters. The molecule has 0 aliphatic carbocycles. The fraction of sp³-hybridized carbons (Fsp3) is 0.190. The predicted octanol–water partition coefficient (Wildman–Crippen LogP) is 3.96. The van der Waals surface area contributed by atoms with Gasteiger partial charge in [-0.15, -0.1) is 0 Å². The highest BCUT2D eigenvalue weighted by atomic mass is 32.2. The topological polar surface area (TPSA) is 83.4 Å². The Kier molecular flexibility index (Phi) is 6.69. The third-order valence-corrected chi connectivity index (χ3v) is 6.65. The Morgan fingerprint density at radius 2 is 1.94 bits per heavy atom. The predicted molar refractivity (Wildman–Crippen MR) is 131 cm³/mol. The summed E-state index contributed by atoms with van der Waals surface area (Å²) in [6.45, 7) is 2.50. The molecular formula is C21H18N4O3S3. The van der Waals surface area contributed by atoms with Gasteiger partial charge in [-0.1, -0.05) is 53.9 Å². The number of para-hydroxylation sites is 1. The molecule has 2 aromatic carbocycles. The van der Waals surface area contributed by atoms with Crippen LogP contribution < -0.4 is 15.0 Å². The molecule has 0 saturated carbocycles. The highest BCUT2D eigenvalue weighted by molar-refractivity contribution is 8.25. The third kappa shape index (κ3) is 4.97. The molecule has 4 rings (SSSR count). The Morgan fingerprint density at radius 1 is 1.19 bits per heavy atom. The fourth-order valence-corrected chi connectivity index (χ4v) is 5.03. The highest BCUT2D eigenvalue weighted by Gasteiger charge is 2.43. The van der Waals surface area contributed by atoms with Crippen LogP contribution in [0.15, 0.2) is 64.6 Å². The second-order valence-corrected chi connectivity index (χ2v) is 9.11.